The van der Waals surface area contributed by atoms with E-state index in [2.05, 4.69) is 0 Å². The lowest BCUT2D eigenvalue weighted by Gasteiger charge is -2.53. The predicted octanol–water partition coefficient (Wildman–Crippen LogP) is 5.50. The van der Waals surface area contributed by atoms with Crippen molar-refractivity contribution in [2.75, 3.05) is 13.2 Å². The van der Waals surface area contributed by atoms with Gasteiger partial charge in [-0.2, -0.15) is 0 Å². The van der Waals surface area contributed by atoms with Crippen molar-refractivity contribution in [2.24, 2.45) is 0 Å². The Morgan fingerprint density at radius 3 is 1.76 bits per heavy atom. The van der Waals surface area contributed by atoms with Gasteiger partial charge in [0.15, 0.2) is 0 Å². The molecule has 0 radical (unpaired) electrons. The van der Waals surface area contributed by atoms with Gasteiger partial charge >= 0.3 is 18.3 Å². The summed E-state index contributed by atoms with van der Waals surface area (Å²) in [6, 6.07) is -0.709. The Morgan fingerprint density at radius 1 is 0.735 bits per heavy atom. The van der Waals surface area contributed by atoms with E-state index in [-0.39, 0.29) is 37.4 Å². The van der Waals surface area contributed by atoms with Crippen LogP contribution in [-0.4, -0.2) is 76.2 Å². The highest BCUT2D eigenvalue weighted by Gasteiger charge is 2.48. The smallest absolute Gasteiger partial charge is 0.444 e. The number of piperazine rings is 1. The molecule has 2 rings (SSSR count). The second kappa shape index (κ2) is 10.6. The third-order valence-corrected chi connectivity index (χ3v) is 5.55. The molecule has 9 heteroatoms. The molecule has 3 atom stereocenters. The first kappa shape index (κ1) is 28.1. The van der Waals surface area contributed by atoms with Crippen LogP contribution in [0.4, 0.5) is 14.4 Å². The Hall–Kier alpha value is -2.19. The van der Waals surface area contributed by atoms with Gasteiger partial charge in [-0.05, 0) is 75.2 Å². The van der Waals surface area contributed by atoms with Gasteiger partial charge < -0.3 is 23.8 Å². The third-order valence-electron chi connectivity index (χ3n) is 5.55. The van der Waals surface area contributed by atoms with E-state index in [9.17, 15) is 14.4 Å². The first-order valence-electron chi connectivity index (χ1n) is 12.3. The van der Waals surface area contributed by atoms with E-state index < -0.39 is 29.1 Å². The van der Waals surface area contributed by atoms with Gasteiger partial charge in [-0.25, -0.2) is 14.4 Å². The standard InChI is InChI=1S/C25H44N2O7/c1-23(2,3)32-20(28)26-16-17(14-15-31-22(30)34-25(7,8)9)27(21(29)33-24(4,5)6)19-13-11-10-12-18(19)26/h17-19H,10-16H2,1-9H3/t17?,18?,19-/m0/s1. The fourth-order valence-corrected chi connectivity index (χ4v) is 4.42. The molecule has 0 N–H and O–H groups in total. The molecule has 1 saturated carbocycles. The average molecular weight is 485 g/mol. The number of hydrogen-bond acceptors (Lipinski definition) is 7. The summed E-state index contributed by atoms with van der Waals surface area (Å²) < 4.78 is 21.9. The van der Waals surface area contributed by atoms with E-state index in [0.29, 0.717) is 6.42 Å². The summed E-state index contributed by atoms with van der Waals surface area (Å²) in [5.74, 6) is 0. The molecule has 2 amide bonds. The lowest BCUT2D eigenvalue weighted by atomic mass is 9.84. The van der Waals surface area contributed by atoms with Crippen LogP contribution in [0.5, 0.6) is 0 Å². The molecule has 1 heterocycles. The average Bonchev–Trinajstić information content (AvgIpc) is 2.62. The minimum Gasteiger partial charge on any atom is -0.444 e. The van der Waals surface area contributed by atoms with E-state index in [4.69, 9.17) is 18.9 Å². The normalized spacial score (nSPS) is 23.6. The second-order valence-corrected chi connectivity index (χ2v) is 12.2. The minimum absolute atomic E-state index is 0.0540. The van der Waals surface area contributed by atoms with E-state index in [1.54, 1.807) is 30.6 Å². The summed E-state index contributed by atoms with van der Waals surface area (Å²) in [4.78, 5) is 42.0. The molecule has 196 valence electrons. The van der Waals surface area contributed by atoms with Gasteiger partial charge in [-0.15, -0.1) is 0 Å². The number of carbonyl (C=O) groups is 3. The number of rotatable bonds is 3. The van der Waals surface area contributed by atoms with Crippen molar-refractivity contribution in [2.45, 2.75) is 129 Å². The number of fused-ring (bicyclic) bond motifs is 1. The number of amides is 2. The fraction of sp³-hybridized carbons (Fsp3) is 0.880. The molecule has 0 aromatic rings. The quantitative estimate of drug-likeness (QED) is 0.386. The Morgan fingerprint density at radius 2 is 1.24 bits per heavy atom. The SMILES string of the molecule is CC(C)(C)OC(=O)OCCC1CN(C(=O)OC(C)(C)C)C2CCCC[C@@H]2N1C(=O)OC(C)(C)C. The van der Waals surface area contributed by atoms with E-state index in [1.165, 1.54) is 0 Å². The van der Waals surface area contributed by atoms with Crippen molar-refractivity contribution in [1.29, 1.82) is 0 Å². The molecule has 1 aliphatic heterocycles. The van der Waals surface area contributed by atoms with Gasteiger partial charge in [-0.3, -0.25) is 4.90 Å². The van der Waals surface area contributed by atoms with Crippen molar-refractivity contribution in [3.05, 3.63) is 0 Å². The van der Waals surface area contributed by atoms with Crippen LogP contribution in [-0.2, 0) is 18.9 Å². The Bertz CT molecular complexity index is 733. The molecule has 2 aliphatic rings. The Kier molecular flexibility index (Phi) is 8.75. The van der Waals surface area contributed by atoms with Gasteiger partial charge in [0.1, 0.15) is 16.8 Å². The van der Waals surface area contributed by atoms with Crippen LogP contribution in [0.15, 0.2) is 0 Å². The molecule has 2 unspecified atom stereocenters. The highest BCUT2D eigenvalue weighted by molar-refractivity contribution is 5.72. The van der Waals surface area contributed by atoms with Crippen LogP contribution in [0.3, 0.4) is 0 Å². The Labute approximate surface area is 204 Å². The number of carbonyl (C=O) groups excluding carboxylic acids is 3. The zero-order valence-electron chi connectivity index (χ0n) is 22.4. The summed E-state index contributed by atoms with van der Waals surface area (Å²) in [6.07, 6.45) is 2.31. The first-order chi connectivity index (χ1) is 15.5. The molecule has 0 aromatic heterocycles. The van der Waals surface area contributed by atoms with Crippen molar-refractivity contribution >= 4 is 18.3 Å². The van der Waals surface area contributed by atoms with Crippen molar-refractivity contribution < 1.29 is 33.3 Å². The van der Waals surface area contributed by atoms with Crippen LogP contribution >= 0.6 is 0 Å². The fourth-order valence-electron chi connectivity index (χ4n) is 4.42. The summed E-state index contributed by atoms with van der Waals surface area (Å²) in [6.45, 7) is 16.7. The minimum atomic E-state index is -0.758. The van der Waals surface area contributed by atoms with E-state index >= 15 is 0 Å². The lowest BCUT2D eigenvalue weighted by molar-refractivity contribution is -0.0680. The number of nitrogens with zero attached hydrogens (tertiary/aromatic N) is 2. The predicted molar refractivity (Wildman–Crippen MR) is 128 cm³/mol. The molecule has 2 fully saturated rings. The zero-order valence-corrected chi connectivity index (χ0v) is 22.4. The number of hydrogen-bond donors (Lipinski definition) is 0. The monoisotopic (exact) mass is 484 g/mol. The third kappa shape index (κ3) is 8.55. The molecule has 0 spiro atoms. The van der Waals surface area contributed by atoms with Gasteiger partial charge in [0, 0.05) is 13.0 Å². The van der Waals surface area contributed by atoms with Crippen LogP contribution in [0.1, 0.15) is 94.4 Å². The molecule has 0 aromatic carbocycles. The molecular formula is C25H44N2O7. The maximum atomic E-state index is 13.3. The molecular weight excluding hydrogens is 440 g/mol. The van der Waals surface area contributed by atoms with Gasteiger partial charge in [-0.1, -0.05) is 12.8 Å². The molecule has 1 saturated heterocycles. The van der Waals surface area contributed by atoms with Crippen LogP contribution < -0.4 is 0 Å². The lowest BCUT2D eigenvalue weighted by Crippen LogP contribution is -2.68. The maximum Gasteiger partial charge on any atom is 0.508 e. The van der Waals surface area contributed by atoms with Gasteiger partial charge in [0.05, 0.1) is 24.7 Å². The van der Waals surface area contributed by atoms with Crippen molar-refractivity contribution in [3.8, 4) is 0 Å². The van der Waals surface area contributed by atoms with Crippen molar-refractivity contribution in [3.63, 3.8) is 0 Å². The van der Waals surface area contributed by atoms with Crippen molar-refractivity contribution in [1.82, 2.24) is 9.80 Å². The van der Waals surface area contributed by atoms with Gasteiger partial charge in [0.2, 0.25) is 0 Å². The first-order valence-corrected chi connectivity index (χ1v) is 12.3. The van der Waals surface area contributed by atoms with Crippen LogP contribution in [0.2, 0.25) is 0 Å². The molecule has 1 aliphatic carbocycles. The summed E-state index contributed by atoms with van der Waals surface area (Å²) in [7, 11) is 0. The molecule has 34 heavy (non-hydrogen) atoms. The highest BCUT2D eigenvalue weighted by Crippen LogP contribution is 2.35. The highest BCUT2D eigenvalue weighted by atomic mass is 16.7. The topological polar surface area (TPSA) is 94.6 Å². The summed E-state index contributed by atoms with van der Waals surface area (Å²) >= 11 is 0. The molecule has 9 nitrogen and oxygen atoms in total. The largest absolute Gasteiger partial charge is 0.508 e. The van der Waals surface area contributed by atoms with Crippen LogP contribution in [0.25, 0.3) is 0 Å². The number of ether oxygens (including phenoxy) is 4. The maximum absolute atomic E-state index is 13.3. The Balaban J connectivity index is 2.25. The zero-order chi connectivity index (χ0) is 25.9. The van der Waals surface area contributed by atoms with Gasteiger partial charge in [0.25, 0.3) is 0 Å². The summed E-state index contributed by atoms with van der Waals surface area (Å²) in [5.41, 5.74) is -1.94. The molecule has 0 bridgehead atoms. The van der Waals surface area contributed by atoms with E-state index in [0.717, 1.165) is 25.7 Å². The van der Waals surface area contributed by atoms with Crippen LogP contribution in [0, 0.1) is 0 Å². The summed E-state index contributed by atoms with van der Waals surface area (Å²) in [5, 5.41) is 0. The second-order valence-electron chi connectivity index (χ2n) is 12.2. The van der Waals surface area contributed by atoms with E-state index in [1.807, 2.05) is 41.5 Å².